The Morgan fingerprint density at radius 2 is 2.15 bits per heavy atom. The van der Waals surface area contributed by atoms with Crippen LogP contribution >= 0.6 is 11.6 Å². The number of hydrogen-bond acceptors (Lipinski definition) is 5. The van der Waals surface area contributed by atoms with Gasteiger partial charge >= 0.3 is 0 Å². The summed E-state index contributed by atoms with van der Waals surface area (Å²) in [7, 11) is 0. The fourth-order valence-corrected chi connectivity index (χ4v) is 2.29. The van der Waals surface area contributed by atoms with Gasteiger partial charge in [0.15, 0.2) is 11.9 Å². The Kier molecular flexibility index (Phi) is 5.04. The molecule has 3 aromatic rings. The van der Waals surface area contributed by atoms with E-state index < -0.39 is 17.8 Å². The normalized spacial score (nSPS) is 11.8. The van der Waals surface area contributed by atoms with E-state index in [1.54, 1.807) is 12.1 Å². The Morgan fingerprint density at radius 1 is 1.35 bits per heavy atom. The first-order valence-electron chi connectivity index (χ1n) is 7.57. The van der Waals surface area contributed by atoms with E-state index in [0.29, 0.717) is 11.4 Å². The van der Waals surface area contributed by atoms with Crippen molar-refractivity contribution in [2.45, 2.75) is 13.0 Å². The molecule has 1 unspecified atom stereocenters. The molecule has 0 aliphatic carbocycles. The van der Waals surface area contributed by atoms with Crippen LogP contribution < -0.4 is 10.1 Å². The summed E-state index contributed by atoms with van der Waals surface area (Å²) >= 11 is 5.86. The molecule has 0 spiro atoms. The molecule has 0 aliphatic heterocycles. The summed E-state index contributed by atoms with van der Waals surface area (Å²) in [6, 6.07) is 10.0. The number of phenolic OH excluding ortho intramolecular Hbond substituents is 1. The van der Waals surface area contributed by atoms with Crippen LogP contribution in [0.4, 0.5) is 10.3 Å². The predicted octanol–water partition coefficient (Wildman–Crippen LogP) is 3.38. The van der Waals surface area contributed by atoms with Gasteiger partial charge in [-0.3, -0.25) is 15.2 Å². The topological polar surface area (TPSA) is 100 Å². The van der Waals surface area contributed by atoms with Gasteiger partial charge in [-0.1, -0.05) is 17.7 Å². The van der Waals surface area contributed by atoms with Gasteiger partial charge in [0.1, 0.15) is 17.3 Å². The number of halogens is 2. The highest BCUT2D eigenvalue weighted by Gasteiger charge is 2.17. The second-order valence-electron chi connectivity index (χ2n) is 5.38. The number of amides is 1. The summed E-state index contributed by atoms with van der Waals surface area (Å²) in [6.07, 6.45) is -0.887. The summed E-state index contributed by atoms with van der Waals surface area (Å²) in [5, 5.41) is 18.7. The van der Waals surface area contributed by atoms with Crippen molar-refractivity contribution in [1.82, 2.24) is 15.2 Å². The highest BCUT2D eigenvalue weighted by atomic mass is 35.5. The summed E-state index contributed by atoms with van der Waals surface area (Å²) in [6.45, 7) is 1.52. The molecule has 1 atom stereocenters. The molecule has 0 saturated carbocycles. The van der Waals surface area contributed by atoms with Crippen LogP contribution in [0.25, 0.3) is 11.4 Å². The molecular weight excluding hydrogens is 363 g/mol. The maximum absolute atomic E-state index is 13.2. The third kappa shape index (κ3) is 4.09. The van der Waals surface area contributed by atoms with E-state index in [9.17, 15) is 14.3 Å². The standard InChI is InChI=1S/C17H14ClFN4O3/c1-9(26-12-4-2-3-11(19)8-12)16(25)21-17-20-15(22-23-17)10-5-6-14(24)13(18)7-10/h2-9,24H,1H3,(H2,20,21,22,23,25). The summed E-state index contributed by atoms with van der Waals surface area (Å²) < 4.78 is 18.5. The number of rotatable bonds is 5. The van der Waals surface area contributed by atoms with Crippen LogP contribution in [0, 0.1) is 5.82 Å². The molecular formula is C17H14ClFN4O3. The Balaban J connectivity index is 1.66. The highest BCUT2D eigenvalue weighted by molar-refractivity contribution is 6.32. The number of benzene rings is 2. The molecule has 0 bridgehead atoms. The number of aromatic amines is 1. The Labute approximate surface area is 152 Å². The van der Waals surface area contributed by atoms with Crippen LogP contribution in [0.1, 0.15) is 6.92 Å². The summed E-state index contributed by atoms with van der Waals surface area (Å²) in [5.41, 5.74) is 0.588. The van der Waals surface area contributed by atoms with Gasteiger partial charge in [0.05, 0.1) is 5.02 Å². The maximum atomic E-state index is 13.2. The molecule has 3 rings (SSSR count). The van der Waals surface area contributed by atoms with Crippen LogP contribution in [0.15, 0.2) is 42.5 Å². The molecule has 1 aromatic heterocycles. The lowest BCUT2D eigenvalue weighted by atomic mass is 10.2. The molecule has 3 N–H and O–H groups in total. The van der Waals surface area contributed by atoms with Crippen LogP contribution in [-0.4, -0.2) is 32.3 Å². The van der Waals surface area contributed by atoms with Gasteiger partial charge in [0, 0.05) is 11.6 Å². The smallest absolute Gasteiger partial charge is 0.267 e. The first kappa shape index (κ1) is 17.7. The highest BCUT2D eigenvalue weighted by Crippen LogP contribution is 2.28. The number of carbonyl (C=O) groups excluding carboxylic acids is 1. The van der Waals surface area contributed by atoms with Gasteiger partial charge in [-0.15, -0.1) is 5.10 Å². The minimum absolute atomic E-state index is 0.0453. The number of ether oxygens (including phenoxy) is 1. The molecule has 134 valence electrons. The number of hydrogen-bond donors (Lipinski definition) is 3. The molecule has 1 amide bonds. The quantitative estimate of drug-likeness (QED) is 0.633. The molecule has 26 heavy (non-hydrogen) atoms. The average molecular weight is 377 g/mol. The number of aromatic hydroxyl groups is 1. The monoisotopic (exact) mass is 376 g/mol. The molecule has 0 aliphatic rings. The number of aromatic nitrogens is 3. The third-order valence-corrected chi connectivity index (χ3v) is 3.72. The average Bonchev–Trinajstić information content (AvgIpc) is 3.05. The Hall–Kier alpha value is -3.13. The largest absolute Gasteiger partial charge is 0.506 e. The number of H-pyrrole nitrogens is 1. The Morgan fingerprint density at radius 3 is 2.88 bits per heavy atom. The first-order valence-corrected chi connectivity index (χ1v) is 7.94. The number of nitrogens with zero attached hydrogens (tertiary/aromatic N) is 2. The van der Waals surface area contributed by atoms with E-state index in [-0.39, 0.29) is 22.5 Å². The van der Waals surface area contributed by atoms with E-state index in [2.05, 4.69) is 20.5 Å². The van der Waals surface area contributed by atoms with Crippen LogP contribution in [0.5, 0.6) is 11.5 Å². The van der Waals surface area contributed by atoms with Crippen molar-refractivity contribution in [3.63, 3.8) is 0 Å². The first-order chi connectivity index (χ1) is 12.4. The predicted molar refractivity (Wildman–Crippen MR) is 93.6 cm³/mol. The number of nitrogens with one attached hydrogen (secondary N) is 2. The second-order valence-corrected chi connectivity index (χ2v) is 5.79. The van der Waals surface area contributed by atoms with Crippen molar-refractivity contribution in [3.8, 4) is 22.9 Å². The molecule has 9 heteroatoms. The zero-order valence-electron chi connectivity index (χ0n) is 13.5. The SMILES string of the molecule is CC(Oc1cccc(F)c1)C(=O)Nc1n[nH]c(-c2ccc(O)c(Cl)c2)n1. The van der Waals surface area contributed by atoms with E-state index in [1.807, 2.05) is 0 Å². The van der Waals surface area contributed by atoms with Crippen LogP contribution in [0.3, 0.4) is 0 Å². The Bertz CT molecular complexity index is 947. The zero-order chi connectivity index (χ0) is 18.7. The van der Waals surface area contributed by atoms with Gasteiger partial charge < -0.3 is 9.84 Å². The number of anilines is 1. The molecule has 1 heterocycles. The van der Waals surface area contributed by atoms with Crippen LogP contribution in [0.2, 0.25) is 5.02 Å². The lowest BCUT2D eigenvalue weighted by molar-refractivity contribution is -0.122. The van der Waals surface area contributed by atoms with E-state index >= 15 is 0 Å². The molecule has 7 nitrogen and oxygen atoms in total. The van der Waals surface area contributed by atoms with Crippen molar-refractivity contribution >= 4 is 23.5 Å². The number of carbonyl (C=O) groups is 1. The van der Waals surface area contributed by atoms with Gasteiger partial charge in [-0.25, -0.2) is 4.39 Å². The summed E-state index contributed by atoms with van der Waals surface area (Å²) in [4.78, 5) is 16.3. The van der Waals surface area contributed by atoms with Crippen molar-refractivity contribution in [1.29, 1.82) is 0 Å². The van der Waals surface area contributed by atoms with Gasteiger partial charge in [0.25, 0.3) is 5.91 Å². The van der Waals surface area contributed by atoms with Crippen LogP contribution in [-0.2, 0) is 4.79 Å². The molecule has 0 fully saturated rings. The lowest BCUT2D eigenvalue weighted by Crippen LogP contribution is -2.30. The summed E-state index contributed by atoms with van der Waals surface area (Å²) in [5.74, 6) is -0.358. The maximum Gasteiger partial charge on any atom is 0.267 e. The van der Waals surface area contributed by atoms with Gasteiger partial charge in [0.2, 0.25) is 5.95 Å². The van der Waals surface area contributed by atoms with E-state index in [1.165, 1.54) is 37.3 Å². The zero-order valence-corrected chi connectivity index (χ0v) is 14.3. The number of phenols is 1. The van der Waals surface area contributed by atoms with E-state index in [4.69, 9.17) is 16.3 Å². The van der Waals surface area contributed by atoms with Crippen molar-refractivity contribution in [2.24, 2.45) is 0 Å². The minimum atomic E-state index is -0.887. The second kappa shape index (κ2) is 7.40. The fourth-order valence-electron chi connectivity index (χ4n) is 2.11. The minimum Gasteiger partial charge on any atom is -0.506 e. The molecule has 0 saturated heterocycles. The fraction of sp³-hybridized carbons (Fsp3) is 0.118. The van der Waals surface area contributed by atoms with Crippen molar-refractivity contribution in [2.75, 3.05) is 5.32 Å². The molecule has 2 aromatic carbocycles. The van der Waals surface area contributed by atoms with Crippen molar-refractivity contribution in [3.05, 3.63) is 53.3 Å². The third-order valence-electron chi connectivity index (χ3n) is 3.42. The lowest BCUT2D eigenvalue weighted by Gasteiger charge is -2.13. The van der Waals surface area contributed by atoms with Crippen molar-refractivity contribution < 1.29 is 19.0 Å². The molecule has 0 radical (unpaired) electrons. The van der Waals surface area contributed by atoms with Gasteiger partial charge in [-0.05, 0) is 37.3 Å². The van der Waals surface area contributed by atoms with Gasteiger partial charge in [-0.2, -0.15) is 4.98 Å². The van der Waals surface area contributed by atoms with E-state index in [0.717, 1.165) is 0 Å².